The van der Waals surface area contributed by atoms with Crippen LogP contribution in [0.15, 0.2) is 101 Å². The molecule has 1 unspecified atom stereocenters. The van der Waals surface area contributed by atoms with E-state index in [0.717, 1.165) is 45.7 Å². The van der Waals surface area contributed by atoms with E-state index in [1.807, 2.05) is 74.1 Å². The van der Waals surface area contributed by atoms with E-state index in [4.69, 9.17) is 49.3 Å². The Hall–Kier alpha value is -6.70. The van der Waals surface area contributed by atoms with Crippen LogP contribution in [0, 0.1) is 0 Å². The molecule has 3 aliphatic heterocycles. The number of hydrogen-bond acceptors (Lipinski definition) is 14. The number of aliphatic imine (C=N–C) groups is 2. The maximum absolute atomic E-state index is 14.2. The van der Waals surface area contributed by atoms with Gasteiger partial charge in [0.2, 0.25) is 5.91 Å². The molecular weight excluding hydrogens is 1020 g/mol. The summed E-state index contributed by atoms with van der Waals surface area (Å²) in [5.41, 5.74) is 8.01. The first-order chi connectivity index (χ1) is 37.2. The fourth-order valence-corrected chi connectivity index (χ4v) is 10.3. The van der Waals surface area contributed by atoms with Crippen molar-refractivity contribution in [1.29, 1.82) is 0 Å². The quantitative estimate of drug-likeness (QED) is 0.0365. The molecule has 0 fully saturated rings. The minimum absolute atomic E-state index is 0.0467. The molecule has 5 aromatic carbocycles. The van der Waals surface area contributed by atoms with Gasteiger partial charge in [0.1, 0.15) is 13.2 Å². The maximum Gasteiger partial charge on any atom is 0.261 e. The molecule has 8 rings (SSSR count). The maximum atomic E-state index is 14.2. The van der Waals surface area contributed by atoms with Crippen LogP contribution < -0.4 is 33.6 Å². The first-order valence-corrected chi connectivity index (χ1v) is 28.4. The lowest BCUT2D eigenvalue weighted by Gasteiger charge is -2.31. The van der Waals surface area contributed by atoms with Crippen molar-refractivity contribution in [3.05, 3.63) is 124 Å². The Labute approximate surface area is 459 Å². The number of benzene rings is 5. The molecule has 5 aromatic rings. The van der Waals surface area contributed by atoms with Gasteiger partial charge in [0, 0.05) is 93.3 Å². The van der Waals surface area contributed by atoms with Gasteiger partial charge in [-0.3, -0.25) is 29.3 Å². The first-order valence-electron chi connectivity index (χ1n) is 25.8. The summed E-state index contributed by atoms with van der Waals surface area (Å²) in [4.78, 5) is 58.5. The number of ether oxygens (including phenoxy) is 7. The summed E-state index contributed by atoms with van der Waals surface area (Å²) < 4.78 is 41.6. The molecule has 0 saturated heterocycles. The van der Waals surface area contributed by atoms with E-state index in [1.165, 1.54) is 7.11 Å². The highest BCUT2D eigenvalue weighted by molar-refractivity contribution is 8.29. The number of fused-ring (bicyclic) bond motifs is 5. The second-order valence-electron chi connectivity index (χ2n) is 19.7. The smallest absolute Gasteiger partial charge is 0.261 e. The standard InChI is InChI=1S/C59H70N6O10S2/c1-59(2,77(8)76)39-62(4)56(66)18-13-20-63(22-23-72-26-27-73-25-24-69-5)44-29-40(37-74-54-34-48(60-3)46(32-52(54)70-6)57(67)64-21-19-42-14-9-11-16-50(42)64)28-41(30-44)38-75-55-35-49-47(33-53(55)71-7)58(68)65-45(36-61-49)31-43-15-10-12-17-51(43)65/h9-12,14-17,28-30,32-36,45H,3,13,18-27,31,37-39H2,1-2,4-8H3/t45-,77?/m0/s1. The molecule has 2 atom stereocenters. The van der Waals surface area contributed by atoms with Gasteiger partial charge in [0.15, 0.2) is 23.0 Å². The molecule has 3 aliphatic rings. The number of carbonyl (C=O) groups is 3. The predicted molar refractivity (Wildman–Crippen MR) is 308 cm³/mol. The molecule has 0 spiro atoms. The summed E-state index contributed by atoms with van der Waals surface area (Å²) in [6.45, 7) is 12.5. The van der Waals surface area contributed by atoms with Crippen LogP contribution in [0.1, 0.15) is 69.7 Å². The van der Waals surface area contributed by atoms with Crippen molar-refractivity contribution in [2.45, 2.75) is 63.5 Å². The molecule has 18 heteroatoms. The third-order valence-corrected chi connectivity index (χ3v) is 17.1. The molecular formula is C59H70N6O10S2. The third kappa shape index (κ3) is 13.5. The highest BCUT2D eigenvalue weighted by Crippen LogP contribution is 2.42. The number of amides is 3. The monoisotopic (exact) mass is 1090 g/mol. The lowest BCUT2D eigenvalue weighted by Crippen LogP contribution is -2.42. The van der Waals surface area contributed by atoms with Crippen LogP contribution in [0.2, 0.25) is 0 Å². The summed E-state index contributed by atoms with van der Waals surface area (Å²) in [5, 5.41) is 0. The largest absolute Gasteiger partial charge is 0.493 e. The van der Waals surface area contributed by atoms with Crippen LogP contribution in [-0.2, 0) is 65.7 Å². The second-order valence-corrected chi connectivity index (χ2v) is 23.3. The van der Waals surface area contributed by atoms with Crippen LogP contribution in [0.25, 0.3) is 0 Å². The Morgan fingerprint density at radius 1 is 0.818 bits per heavy atom. The van der Waals surface area contributed by atoms with Gasteiger partial charge in [-0.25, -0.2) is 0 Å². The SMILES string of the molecule is C=Nc1cc(OCc2cc(COc3cc4c(cc3OC)C(=O)N3c5ccccc5C[C@H]3C=N4)cc(N(CCCC(=O)N(C)CC(C)(C)S(C)=S)CCOCCOCCOC)c2)c(OC)cc1C(=O)N1CCc2ccccc21. The van der Waals surface area contributed by atoms with E-state index >= 15 is 0 Å². The zero-order valence-electron chi connectivity index (χ0n) is 45.2. The normalized spacial score (nSPS) is 14.7. The van der Waals surface area contributed by atoms with Gasteiger partial charge in [-0.05, 0) is 104 Å². The summed E-state index contributed by atoms with van der Waals surface area (Å²) in [6, 6.07) is 28.5. The summed E-state index contributed by atoms with van der Waals surface area (Å²) >= 11 is 5.62. The fourth-order valence-electron chi connectivity index (χ4n) is 9.79. The number of carbonyl (C=O) groups excluding carboxylic acids is 3. The lowest BCUT2D eigenvalue weighted by atomic mass is 10.1. The van der Waals surface area contributed by atoms with Crippen molar-refractivity contribution in [2.75, 3.05) is 109 Å². The number of methoxy groups -OCH3 is 3. The van der Waals surface area contributed by atoms with Gasteiger partial charge >= 0.3 is 0 Å². The van der Waals surface area contributed by atoms with E-state index in [-0.39, 0.29) is 51.2 Å². The Kier molecular flexibility index (Phi) is 19.1. The van der Waals surface area contributed by atoms with Crippen molar-refractivity contribution in [2.24, 2.45) is 9.98 Å². The van der Waals surface area contributed by atoms with Crippen LogP contribution >= 0.6 is 0 Å². The highest BCUT2D eigenvalue weighted by Gasteiger charge is 2.37. The topological polar surface area (TPSA) is 154 Å². The van der Waals surface area contributed by atoms with E-state index in [1.54, 1.807) is 53.2 Å². The summed E-state index contributed by atoms with van der Waals surface area (Å²) in [5.74, 6) is 1.22. The van der Waals surface area contributed by atoms with Crippen molar-refractivity contribution in [3.8, 4) is 23.0 Å². The average molecular weight is 1090 g/mol. The minimum atomic E-state index is -0.296. The van der Waals surface area contributed by atoms with Crippen molar-refractivity contribution in [1.82, 2.24) is 4.90 Å². The Morgan fingerprint density at radius 3 is 2.16 bits per heavy atom. The van der Waals surface area contributed by atoms with Crippen molar-refractivity contribution in [3.63, 3.8) is 0 Å². The van der Waals surface area contributed by atoms with E-state index in [2.05, 4.69) is 42.6 Å². The zero-order chi connectivity index (χ0) is 54.6. The summed E-state index contributed by atoms with van der Waals surface area (Å²) in [7, 11) is 6.27. The highest BCUT2D eigenvalue weighted by atomic mass is 32.8. The van der Waals surface area contributed by atoms with Gasteiger partial charge in [-0.15, -0.1) is 9.45 Å². The van der Waals surface area contributed by atoms with E-state index in [0.29, 0.717) is 124 Å². The Balaban J connectivity index is 1.08. The molecule has 77 heavy (non-hydrogen) atoms. The fraction of sp³-hybridized carbons (Fsp3) is 0.407. The average Bonchev–Trinajstić information content (AvgIpc) is 4.03. The van der Waals surface area contributed by atoms with Gasteiger partial charge in [-0.1, -0.05) is 47.6 Å². The molecule has 408 valence electrons. The minimum Gasteiger partial charge on any atom is -0.493 e. The third-order valence-electron chi connectivity index (χ3n) is 14.1. The number of nitrogens with zero attached hydrogens (tertiary/aromatic N) is 6. The number of rotatable bonds is 27. The number of anilines is 3. The Bertz CT molecular complexity index is 3000. The van der Waals surface area contributed by atoms with E-state index < -0.39 is 0 Å². The van der Waals surface area contributed by atoms with Crippen LogP contribution in [0.3, 0.4) is 0 Å². The molecule has 0 aliphatic carbocycles. The van der Waals surface area contributed by atoms with Crippen molar-refractivity contribution >= 4 is 79.7 Å². The van der Waals surface area contributed by atoms with Gasteiger partial charge < -0.3 is 47.9 Å². The van der Waals surface area contributed by atoms with Crippen LogP contribution in [0.5, 0.6) is 23.0 Å². The van der Waals surface area contributed by atoms with E-state index in [9.17, 15) is 14.4 Å². The molecule has 0 N–H and O–H groups in total. The van der Waals surface area contributed by atoms with Crippen molar-refractivity contribution < 1.29 is 47.5 Å². The van der Waals surface area contributed by atoms with Crippen LogP contribution in [0.4, 0.5) is 28.4 Å². The van der Waals surface area contributed by atoms with Gasteiger partial charge in [0.25, 0.3) is 11.8 Å². The van der Waals surface area contributed by atoms with Crippen LogP contribution in [-0.4, -0.2) is 140 Å². The first kappa shape index (κ1) is 56.5. The Morgan fingerprint density at radius 2 is 1.47 bits per heavy atom. The zero-order valence-corrected chi connectivity index (χ0v) is 46.8. The molecule has 0 bridgehead atoms. The molecule has 3 amide bonds. The number of para-hydroxylation sites is 2. The summed E-state index contributed by atoms with van der Waals surface area (Å²) in [6.07, 6.45) is 6.19. The molecule has 0 saturated carbocycles. The lowest BCUT2D eigenvalue weighted by molar-refractivity contribution is -0.130. The molecule has 0 aromatic heterocycles. The second kappa shape index (κ2) is 26.1. The molecule has 16 nitrogen and oxygen atoms in total. The number of hydrogen-bond donors (Lipinski definition) is 0. The molecule has 0 radical (unpaired) electrons. The van der Waals surface area contributed by atoms with Gasteiger partial charge in [-0.2, -0.15) is 0 Å². The molecule has 3 heterocycles. The van der Waals surface area contributed by atoms with Gasteiger partial charge in [0.05, 0.1) is 75.8 Å². The predicted octanol–water partition coefficient (Wildman–Crippen LogP) is 8.90.